The highest BCUT2D eigenvalue weighted by Crippen LogP contribution is 2.28. The Labute approximate surface area is 158 Å². The molecule has 0 aromatic heterocycles. The Morgan fingerprint density at radius 2 is 1.85 bits per heavy atom. The zero-order valence-electron chi connectivity index (χ0n) is 15.4. The fourth-order valence-corrected chi connectivity index (χ4v) is 4.08. The number of carboxylic acid groups (broad SMARTS) is 1. The van der Waals surface area contributed by atoms with Crippen LogP contribution in [0, 0.1) is 11.7 Å². The van der Waals surface area contributed by atoms with Crippen molar-refractivity contribution < 1.29 is 24.2 Å². The standard InChI is InChI=1S/C20H27FN2O4/c21-16-3-1-2-14(12-16)13-20(27)8-10-23(11-9-20)19(26)22-17-6-4-15(5-7-17)18(24)25/h1-3,12,15,17,27H,4-11,13H2,(H,22,26)(H,24,25). The van der Waals surface area contributed by atoms with Crippen LogP contribution in [0.5, 0.6) is 0 Å². The molecule has 1 aliphatic heterocycles. The van der Waals surface area contributed by atoms with Gasteiger partial charge in [-0.3, -0.25) is 4.79 Å². The van der Waals surface area contributed by atoms with Gasteiger partial charge >= 0.3 is 12.0 Å². The van der Waals surface area contributed by atoms with Gasteiger partial charge in [-0.1, -0.05) is 12.1 Å². The number of nitrogens with zero attached hydrogens (tertiary/aromatic N) is 1. The molecule has 6 nitrogen and oxygen atoms in total. The van der Waals surface area contributed by atoms with Crippen LogP contribution in [0.4, 0.5) is 9.18 Å². The van der Waals surface area contributed by atoms with E-state index in [2.05, 4.69) is 5.32 Å². The Bertz CT molecular complexity index is 680. The molecule has 1 saturated heterocycles. The van der Waals surface area contributed by atoms with Crippen molar-refractivity contribution in [1.82, 2.24) is 10.2 Å². The maximum atomic E-state index is 13.3. The van der Waals surface area contributed by atoms with E-state index < -0.39 is 11.6 Å². The van der Waals surface area contributed by atoms with E-state index in [0.29, 0.717) is 58.0 Å². The molecule has 1 heterocycles. The summed E-state index contributed by atoms with van der Waals surface area (Å²) in [6.45, 7) is 0.893. The van der Waals surface area contributed by atoms with Crippen molar-refractivity contribution in [2.24, 2.45) is 5.92 Å². The lowest BCUT2D eigenvalue weighted by atomic mass is 9.85. The predicted molar refractivity (Wildman–Crippen MR) is 97.8 cm³/mol. The first-order chi connectivity index (χ1) is 12.8. The molecule has 1 saturated carbocycles. The van der Waals surface area contributed by atoms with Crippen molar-refractivity contribution >= 4 is 12.0 Å². The number of hydrogen-bond donors (Lipinski definition) is 3. The molecule has 1 aromatic rings. The first kappa shape index (κ1) is 19.6. The third-order valence-corrected chi connectivity index (χ3v) is 5.81. The molecule has 148 valence electrons. The first-order valence-corrected chi connectivity index (χ1v) is 9.60. The number of aliphatic hydroxyl groups is 1. The second-order valence-electron chi connectivity index (χ2n) is 7.85. The number of aliphatic carboxylic acids is 1. The molecule has 2 fully saturated rings. The van der Waals surface area contributed by atoms with Crippen molar-refractivity contribution in [3.05, 3.63) is 35.6 Å². The van der Waals surface area contributed by atoms with Gasteiger partial charge in [-0.15, -0.1) is 0 Å². The molecular formula is C20H27FN2O4. The number of halogens is 1. The van der Waals surface area contributed by atoms with Gasteiger partial charge in [-0.05, 0) is 56.2 Å². The summed E-state index contributed by atoms with van der Waals surface area (Å²) in [6.07, 6.45) is 3.81. The van der Waals surface area contributed by atoms with Crippen molar-refractivity contribution in [1.29, 1.82) is 0 Å². The molecule has 1 aromatic carbocycles. The summed E-state index contributed by atoms with van der Waals surface area (Å²) in [5.74, 6) is -1.37. The molecule has 1 aliphatic carbocycles. The van der Waals surface area contributed by atoms with E-state index in [-0.39, 0.29) is 23.8 Å². The zero-order chi connectivity index (χ0) is 19.4. The van der Waals surface area contributed by atoms with Crippen molar-refractivity contribution in [2.45, 2.75) is 56.6 Å². The molecular weight excluding hydrogens is 351 g/mol. The number of piperidine rings is 1. The average molecular weight is 378 g/mol. The summed E-state index contributed by atoms with van der Waals surface area (Å²) in [6, 6.07) is 6.11. The Kier molecular flexibility index (Phi) is 5.99. The number of carbonyl (C=O) groups is 2. The Morgan fingerprint density at radius 3 is 2.44 bits per heavy atom. The number of likely N-dealkylation sites (tertiary alicyclic amines) is 1. The summed E-state index contributed by atoms with van der Waals surface area (Å²) in [5.41, 5.74) is -0.171. The third-order valence-electron chi connectivity index (χ3n) is 5.81. The summed E-state index contributed by atoms with van der Waals surface area (Å²) >= 11 is 0. The first-order valence-electron chi connectivity index (χ1n) is 9.60. The van der Waals surface area contributed by atoms with Gasteiger partial charge in [0.15, 0.2) is 0 Å². The van der Waals surface area contributed by atoms with E-state index in [4.69, 9.17) is 5.11 Å². The zero-order valence-corrected chi connectivity index (χ0v) is 15.4. The molecule has 0 atom stereocenters. The fourth-order valence-electron chi connectivity index (χ4n) is 4.08. The maximum Gasteiger partial charge on any atom is 0.317 e. The number of carboxylic acids is 1. The Hall–Kier alpha value is -2.15. The summed E-state index contributed by atoms with van der Waals surface area (Å²) in [7, 11) is 0. The fraction of sp³-hybridized carbons (Fsp3) is 0.600. The minimum absolute atomic E-state index is 0.0150. The third kappa shape index (κ3) is 5.19. The van der Waals surface area contributed by atoms with E-state index in [9.17, 15) is 19.1 Å². The average Bonchev–Trinajstić information content (AvgIpc) is 2.62. The van der Waals surface area contributed by atoms with E-state index in [0.717, 1.165) is 5.56 Å². The number of benzene rings is 1. The van der Waals surface area contributed by atoms with Crippen LogP contribution in [0.15, 0.2) is 24.3 Å². The normalized spacial score (nSPS) is 25.0. The smallest absolute Gasteiger partial charge is 0.317 e. The topological polar surface area (TPSA) is 89.9 Å². The Morgan fingerprint density at radius 1 is 1.19 bits per heavy atom. The molecule has 2 amide bonds. The van der Waals surface area contributed by atoms with Crippen LogP contribution < -0.4 is 5.32 Å². The number of rotatable bonds is 4. The van der Waals surface area contributed by atoms with Crippen molar-refractivity contribution in [3.63, 3.8) is 0 Å². The van der Waals surface area contributed by atoms with Gasteiger partial charge in [0.25, 0.3) is 0 Å². The molecule has 0 spiro atoms. The Balaban J connectivity index is 1.46. The van der Waals surface area contributed by atoms with Crippen LogP contribution in [0.2, 0.25) is 0 Å². The number of amides is 2. The lowest BCUT2D eigenvalue weighted by Gasteiger charge is -2.39. The molecule has 0 radical (unpaired) electrons. The van der Waals surface area contributed by atoms with E-state index in [1.54, 1.807) is 17.0 Å². The van der Waals surface area contributed by atoms with Gasteiger partial charge < -0.3 is 20.4 Å². The van der Waals surface area contributed by atoms with E-state index in [1.165, 1.54) is 12.1 Å². The molecule has 3 N–H and O–H groups in total. The van der Waals surface area contributed by atoms with Crippen LogP contribution >= 0.6 is 0 Å². The molecule has 7 heteroatoms. The quantitative estimate of drug-likeness (QED) is 0.751. The summed E-state index contributed by atoms with van der Waals surface area (Å²) < 4.78 is 13.3. The molecule has 2 aliphatic rings. The number of nitrogens with one attached hydrogen (secondary N) is 1. The van der Waals surface area contributed by atoms with Gasteiger partial charge in [-0.2, -0.15) is 0 Å². The lowest BCUT2D eigenvalue weighted by molar-refractivity contribution is -0.142. The van der Waals surface area contributed by atoms with Gasteiger partial charge in [0, 0.05) is 25.6 Å². The van der Waals surface area contributed by atoms with E-state index in [1.807, 2.05) is 0 Å². The van der Waals surface area contributed by atoms with Gasteiger partial charge in [0.1, 0.15) is 5.82 Å². The highest BCUT2D eigenvalue weighted by Gasteiger charge is 2.35. The van der Waals surface area contributed by atoms with Crippen LogP contribution in [-0.2, 0) is 11.2 Å². The molecule has 3 rings (SSSR count). The second-order valence-corrected chi connectivity index (χ2v) is 7.85. The SMILES string of the molecule is O=C(O)C1CCC(NC(=O)N2CCC(O)(Cc3cccc(F)c3)CC2)CC1. The van der Waals surface area contributed by atoms with Crippen molar-refractivity contribution in [2.75, 3.05) is 13.1 Å². The highest BCUT2D eigenvalue weighted by atomic mass is 19.1. The van der Waals surface area contributed by atoms with Gasteiger partial charge in [0.05, 0.1) is 11.5 Å². The van der Waals surface area contributed by atoms with Gasteiger partial charge in [0.2, 0.25) is 0 Å². The maximum absolute atomic E-state index is 13.3. The number of hydrogen-bond acceptors (Lipinski definition) is 3. The minimum atomic E-state index is -0.926. The van der Waals surface area contributed by atoms with Crippen LogP contribution in [0.3, 0.4) is 0 Å². The number of carbonyl (C=O) groups excluding carboxylic acids is 1. The van der Waals surface area contributed by atoms with Crippen molar-refractivity contribution in [3.8, 4) is 0 Å². The molecule has 27 heavy (non-hydrogen) atoms. The second kappa shape index (κ2) is 8.25. The van der Waals surface area contributed by atoms with Crippen LogP contribution in [0.1, 0.15) is 44.1 Å². The monoisotopic (exact) mass is 378 g/mol. The van der Waals surface area contributed by atoms with E-state index >= 15 is 0 Å². The minimum Gasteiger partial charge on any atom is -0.481 e. The highest BCUT2D eigenvalue weighted by molar-refractivity contribution is 5.75. The lowest BCUT2D eigenvalue weighted by Crippen LogP contribution is -2.52. The van der Waals surface area contributed by atoms with Crippen LogP contribution in [0.25, 0.3) is 0 Å². The summed E-state index contributed by atoms with van der Waals surface area (Å²) in [5, 5.41) is 22.8. The molecule has 0 bridgehead atoms. The largest absolute Gasteiger partial charge is 0.481 e. The predicted octanol–water partition coefficient (Wildman–Crippen LogP) is 2.55. The number of urea groups is 1. The van der Waals surface area contributed by atoms with Crippen LogP contribution in [-0.4, -0.2) is 51.8 Å². The summed E-state index contributed by atoms with van der Waals surface area (Å²) in [4.78, 5) is 25.2. The van der Waals surface area contributed by atoms with Gasteiger partial charge in [-0.25, -0.2) is 9.18 Å². The molecule has 0 unspecified atom stereocenters.